The third-order valence-electron chi connectivity index (χ3n) is 3.13. The van der Waals surface area contributed by atoms with E-state index in [2.05, 4.69) is 44.8 Å². The summed E-state index contributed by atoms with van der Waals surface area (Å²) in [6.45, 7) is 15.0. The topological polar surface area (TPSA) is 15.3 Å². The summed E-state index contributed by atoms with van der Waals surface area (Å²) in [5.74, 6) is 0. The predicted molar refractivity (Wildman–Crippen MR) is 74.0 cm³/mol. The summed E-state index contributed by atoms with van der Waals surface area (Å²) in [4.78, 5) is 2.60. The number of hydrogen-bond acceptors (Lipinski definition) is 2. The fraction of sp³-hybridized carbons (Fsp3) is 1.00. The van der Waals surface area contributed by atoms with Crippen LogP contribution in [0.15, 0.2) is 0 Å². The molecule has 0 bridgehead atoms. The van der Waals surface area contributed by atoms with E-state index in [0.717, 1.165) is 6.54 Å². The molecule has 0 spiro atoms. The van der Waals surface area contributed by atoms with Crippen molar-refractivity contribution in [2.24, 2.45) is 0 Å². The molecule has 0 aromatic heterocycles. The molecule has 0 aliphatic heterocycles. The first kappa shape index (κ1) is 15.9. The fourth-order valence-electron chi connectivity index (χ4n) is 2.16. The van der Waals surface area contributed by atoms with E-state index in [1.807, 2.05) is 0 Å². The van der Waals surface area contributed by atoms with Gasteiger partial charge in [0.25, 0.3) is 0 Å². The number of nitrogens with one attached hydrogen (secondary N) is 1. The smallest absolute Gasteiger partial charge is 0.0192 e. The molecule has 2 unspecified atom stereocenters. The van der Waals surface area contributed by atoms with Gasteiger partial charge in [-0.25, -0.2) is 0 Å². The number of hydrogen-bond donors (Lipinski definition) is 1. The Morgan fingerprint density at radius 2 is 1.50 bits per heavy atom. The Hall–Kier alpha value is -0.0800. The lowest BCUT2D eigenvalue weighted by atomic mass is 10.1. The van der Waals surface area contributed by atoms with Crippen LogP contribution in [0.25, 0.3) is 0 Å². The van der Waals surface area contributed by atoms with Crippen LogP contribution in [0.1, 0.15) is 60.3 Å². The van der Waals surface area contributed by atoms with Crippen LogP contribution in [0.2, 0.25) is 0 Å². The summed E-state index contributed by atoms with van der Waals surface area (Å²) in [5, 5.41) is 3.64. The van der Waals surface area contributed by atoms with Gasteiger partial charge in [0.15, 0.2) is 0 Å². The zero-order valence-corrected chi connectivity index (χ0v) is 12.1. The van der Waals surface area contributed by atoms with Crippen LogP contribution in [0, 0.1) is 0 Å². The lowest BCUT2D eigenvalue weighted by Gasteiger charge is -2.29. The van der Waals surface area contributed by atoms with Gasteiger partial charge in [-0.15, -0.1) is 0 Å². The number of rotatable bonds is 10. The van der Waals surface area contributed by atoms with Crippen LogP contribution in [-0.4, -0.2) is 36.6 Å². The average molecular weight is 228 g/mol. The van der Waals surface area contributed by atoms with Gasteiger partial charge in [-0.1, -0.05) is 27.2 Å². The summed E-state index contributed by atoms with van der Waals surface area (Å²) < 4.78 is 0. The first-order valence-corrected chi connectivity index (χ1v) is 7.13. The van der Waals surface area contributed by atoms with Crippen LogP contribution in [0.4, 0.5) is 0 Å². The second-order valence-corrected chi connectivity index (χ2v) is 4.98. The molecule has 0 amide bonds. The largest absolute Gasteiger partial charge is 0.313 e. The molecule has 16 heavy (non-hydrogen) atoms. The second-order valence-electron chi connectivity index (χ2n) is 4.98. The summed E-state index contributed by atoms with van der Waals surface area (Å²) in [6.07, 6.45) is 5.08. The minimum Gasteiger partial charge on any atom is -0.313 e. The van der Waals surface area contributed by atoms with Gasteiger partial charge in [0, 0.05) is 18.6 Å². The molecule has 0 heterocycles. The zero-order valence-electron chi connectivity index (χ0n) is 12.1. The van der Waals surface area contributed by atoms with Gasteiger partial charge < -0.3 is 5.32 Å². The molecule has 0 fully saturated rings. The molecule has 0 saturated heterocycles. The Bertz CT molecular complexity index is 142. The Balaban J connectivity index is 3.84. The van der Waals surface area contributed by atoms with Crippen LogP contribution in [0.5, 0.6) is 0 Å². The molecular weight excluding hydrogens is 196 g/mol. The summed E-state index contributed by atoms with van der Waals surface area (Å²) >= 11 is 0. The van der Waals surface area contributed by atoms with Crippen molar-refractivity contribution >= 4 is 0 Å². The second kappa shape index (κ2) is 10.1. The van der Waals surface area contributed by atoms with E-state index in [1.54, 1.807) is 0 Å². The molecule has 0 radical (unpaired) electrons. The molecule has 2 nitrogen and oxygen atoms in total. The monoisotopic (exact) mass is 228 g/mol. The molecule has 0 aromatic carbocycles. The van der Waals surface area contributed by atoms with Crippen molar-refractivity contribution in [2.45, 2.75) is 72.4 Å². The zero-order chi connectivity index (χ0) is 12.4. The van der Waals surface area contributed by atoms with Crippen molar-refractivity contribution in [2.75, 3.05) is 19.6 Å². The molecule has 0 aromatic rings. The average Bonchev–Trinajstić information content (AvgIpc) is 2.26. The van der Waals surface area contributed by atoms with E-state index in [9.17, 15) is 0 Å². The maximum absolute atomic E-state index is 3.64. The molecule has 2 atom stereocenters. The standard InChI is InChI=1S/C14H32N2/c1-6-9-13(4)15-12-14(5)16(10-7-2)11-8-3/h13-15H,6-12H2,1-5H3. The van der Waals surface area contributed by atoms with Crippen molar-refractivity contribution in [1.29, 1.82) is 0 Å². The fourth-order valence-corrected chi connectivity index (χ4v) is 2.16. The Labute approximate surface area is 103 Å². The lowest BCUT2D eigenvalue weighted by Crippen LogP contribution is -2.43. The van der Waals surface area contributed by atoms with E-state index in [-0.39, 0.29) is 0 Å². The SMILES string of the molecule is CCCC(C)NCC(C)N(CCC)CCC. The van der Waals surface area contributed by atoms with E-state index < -0.39 is 0 Å². The highest BCUT2D eigenvalue weighted by Gasteiger charge is 2.12. The Morgan fingerprint density at radius 3 is 1.94 bits per heavy atom. The summed E-state index contributed by atoms with van der Waals surface area (Å²) in [7, 11) is 0. The van der Waals surface area contributed by atoms with E-state index in [1.165, 1.54) is 38.8 Å². The summed E-state index contributed by atoms with van der Waals surface area (Å²) in [5.41, 5.74) is 0. The first-order valence-electron chi connectivity index (χ1n) is 7.13. The molecule has 0 aliphatic rings. The quantitative estimate of drug-likeness (QED) is 0.617. The van der Waals surface area contributed by atoms with Gasteiger partial charge >= 0.3 is 0 Å². The van der Waals surface area contributed by atoms with Crippen LogP contribution >= 0.6 is 0 Å². The molecule has 2 heteroatoms. The Morgan fingerprint density at radius 1 is 0.938 bits per heavy atom. The van der Waals surface area contributed by atoms with Gasteiger partial charge in [-0.2, -0.15) is 0 Å². The lowest BCUT2D eigenvalue weighted by molar-refractivity contribution is 0.200. The van der Waals surface area contributed by atoms with Crippen LogP contribution in [0.3, 0.4) is 0 Å². The van der Waals surface area contributed by atoms with Crippen molar-refractivity contribution < 1.29 is 0 Å². The van der Waals surface area contributed by atoms with Gasteiger partial charge in [-0.3, -0.25) is 4.90 Å². The highest BCUT2D eigenvalue weighted by atomic mass is 15.2. The molecular formula is C14H32N2. The first-order chi connectivity index (χ1) is 7.65. The minimum absolute atomic E-state index is 0.664. The highest BCUT2D eigenvalue weighted by Crippen LogP contribution is 2.02. The maximum Gasteiger partial charge on any atom is 0.0192 e. The van der Waals surface area contributed by atoms with Crippen molar-refractivity contribution in [3.05, 3.63) is 0 Å². The van der Waals surface area contributed by atoms with Gasteiger partial charge in [0.1, 0.15) is 0 Å². The third-order valence-corrected chi connectivity index (χ3v) is 3.13. The predicted octanol–water partition coefficient (Wildman–Crippen LogP) is 3.28. The molecule has 0 aliphatic carbocycles. The van der Waals surface area contributed by atoms with Gasteiger partial charge in [0.05, 0.1) is 0 Å². The third kappa shape index (κ3) is 7.24. The molecule has 1 N–H and O–H groups in total. The summed E-state index contributed by atoms with van der Waals surface area (Å²) in [6, 6.07) is 1.33. The molecule has 98 valence electrons. The normalized spacial score (nSPS) is 15.4. The van der Waals surface area contributed by atoms with Crippen molar-refractivity contribution in [1.82, 2.24) is 10.2 Å². The minimum atomic E-state index is 0.664. The van der Waals surface area contributed by atoms with Gasteiger partial charge in [-0.05, 0) is 46.2 Å². The van der Waals surface area contributed by atoms with Crippen LogP contribution < -0.4 is 5.32 Å². The van der Waals surface area contributed by atoms with E-state index in [4.69, 9.17) is 0 Å². The van der Waals surface area contributed by atoms with E-state index >= 15 is 0 Å². The number of nitrogens with zero attached hydrogens (tertiary/aromatic N) is 1. The van der Waals surface area contributed by atoms with E-state index in [0.29, 0.717) is 12.1 Å². The van der Waals surface area contributed by atoms with Crippen molar-refractivity contribution in [3.8, 4) is 0 Å². The van der Waals surface area contributed by atoms with Crippen LogP contribution in [-0.2, 0) is 0 Å². The van der Waals surface area contributed by atoms with Gasteiger partial charge in [0.2, 0.25) is 0 Å². The Kier molecular flexibility index (Phi) is 10.0. The van der Waals surface area contributed by atoms with Crippen molar-refractivity contribution in [3.63, 3.8) is 0 Å². The molecule has 0 saturated carbocycles. The maximum atomic E-state index is 3.64. The highest BCUT2D eigenvalue weighted by molar-refractivity contribution is 4.71. The molecule has 0 rings (SSSR count).